The van der Waals surface area contributed by atoms with Gasteiger partial charge in [0.2, 0.25) is 15.9 Å². The number of benzene rings is 1. The molecule has 3 aromatic rings. The molecule has 0 aliphatic heterocycles. The van der Waals surface area contributed by atoms with E-state index in [-0.39, 0.29) is 0 Å². The number of amides is 1. The minimum absolute atomic E-state index is 0.297. The van der Waals surface area contributed by atoms with Crippen molar-refractivity contribution >= 4 is 32.7 Å². The van der Waals surface area contributed by atoms with Crippen molar-refractivity contribution in [3.05, 3.63) is 47.8 Å². The lowest BCUT2D eigenvalue weighted by Crippen LogP contribution is -2.42. The Balaban J connectivity index is 1.80. The molecule has 0 fully saturated rings. The lowest BCUT2D eigenvalue weighted by atomic mass is 10.2. The van der Waals surface area contributed by atoms with E-state index in [1.165, 1.54) is 19.2 Å². The maximum atomic E-state index is 13.1. The van der Waals surface area contributed by atoms with Crippen molar-refractivity contribution in [1.29, 1.82) is 0 Å². The maximum absolute atomic E-state index is 13.1. The first-order valence-corrected chi connectivity index (χ1v) is 10.2. The summed E-state index contributed by atoms with van der Waals surface area (Å²) in [5, 5.41) is 7.41. The predicted molar refractivity (Wildman–Crippen MR) is 103 cm³/mol. The van der Waals surface area contributed by atoms with Crippen LogP contribution in [0.15, 0.2) is 41.4 Å². The number of hydrogen-bond donors (Lipinski definition) is 2. The highest BCUT2D eigenvalue weighted by molar-refractivity contribution is 7.89. The Morgan fingerprint density at radius 1 is 1.23 bits per heavy atom. The van der Waals surface area contributed by atoms with E-state index in [4.69, 9.17) is 0 Å². The second-order valence-corrected chi connectivity index (χ2v) is 8.31. The van der Waals surface area contributed by atoms with Gasteiger partial charge in [0, 0.05) is 12.4 Å². The number of fused-ring (bicyclic) bond motifs is 1. The Morgan fingerprint density at radius 2 is 1.90 bits per heavy atom. The summed E-state index contributed by atoms with van der Waals surface area (Å²) in [6.07, 6.45) is -3.49. The number of pyridine rings is 1. The standard InChI is InChI=1S/C18H18F3N5O3S/c1-10-13-8-12(9-22-16(13)26(3)24-10)23-17(27)11(2)25-30(28,29)15-7-5-4-6-14(15)18(19,20)21/h4-9,11,25H,1-3H3,(H,23,27). The van der Waals surface area contributed by atoms with Crippen LogP contribution in [0.2, 0.25) is 0 Å². The number of halogens is 3. The number of carbonyl (C=O) groups excluding carboxylic acids is 1. The van der Waals surface area contributed by atoms with Crippen LogP contribution in [-0.4, -0.2) is 35.1 Å². The van der Waals surface area contributed by atoms with Gasteiger partial charge < -0.3 is 5.32 Å². The zero-order valence-corrected chi connectivity index (χ0v) is 17.0. The molecule has 0 aliphatic rings. The van der Waals surface area contributed by atoms with Crippen molar-refractivity contribution in [2.45, 2.75) is 31.0 Å². The monoisotopic (exact) mass is 441 g/mol. The van der Waals surface area contributed by atoms with Crippen LogP contribution in [0, 0.1) is 6.92 Å². The summed E-state index contributed by atoms with van der Waals surface area (Å²) in [4.78, 5) is 15.7. The lowest BCUT2D eigenvalue weighted by molar-refractivity contribution is -0.139. The van der Waals surface area contributed by atoms with Gasteiger partial charge in [0.15, 0.2) is 5.65 Å². The summed E-state index contributed by atoms with van der Waals surface area (Å²) in [6.45, 7) is 2.99. The summed E-state index contributed by atoms with van der Waals surface area (Å²) in [7, 11) is -2.89. The SMILES string of the molecule is Cc1nn(C)c2ncc(NC(=O)C(C)NS(=O)(=O)c3ccccc3C(F)(F)F)cc12. The second kappa shape index (κ2) is 7.69. The van der Waals surface area contributed by atoms with Gasteiger partial charge in [-0.1, -0.05) is 12.1 Å². The highest BCUT2D eigenvalue weighted by Crippen LogP contribution is 2.34. The summed E-state index contributed by atoms with van der Waals surface area (Å²) in [5.41, 5.74) is 0.272. The molecule has 0 aliphatic carbocycles. The second-order valence-electron chi connectivity index (χ2n) is 6.63. The molecular weight excluding hydrogens is 423 g/mol. The van der Waals surface area contributed by atoms with Crippen molar-refractivity contribution in [3.8, 4) is 0 Å². The quantitative estimate of drug-likeness (QED) is 0.633. The first kappa shape index (κ1) is 21.7. The molecule has 3 rings (SSSR count). The van der Waals surface area contributed by atoms with Crippen LogP contribution in [0.4, 0.5) is 18.9 Å². The molecule has 1 atom stereocenters. The minimum Gasteiger partial charge on any atom is -0.323 e. The lowest BCUT2D eigenvalue weighted by Gasteiger charge is -2.17. The number of sulfonamides is 1. The van der Waals surface area contributed by atoms with E-state index in [1.54, 1.807) is 24.7 Å². The van der Waals surface area contributed by atoms with Crippen LogP contribution in [0.3, 0.4) is 0 Å². The number of rotatable bonds is 5. The average molecular weight is 441 g/mol. The van der Waals surface area contributed by atoms with Crippen molar-refractivity contribution in [3.63, 3.8) is 0 Å². The number of nitrogens with one attached hydrogen (secondary N) is 2. The van der Waals surface area contributed by atoms with Crippen molar-refractivity contribution < 1.29 is 26.4 Å². The molecule has 1 amide bonds. The van der Waals surface area contributed by atoms with E-state index in [2.05, 4.69) is 15.4 Å². The highest BCUT2D eigenvalue weighted by atomic mass is 32.2. The van der Waals surface area contributed by atoms with E-state index in [0.717, 1.165) is 12.1 Å². The Kier molecular flexibility index (Phi) is 5.56. The predicted octanol–water partition coefficient (Wildman–Crippen LogP) is 2.60. The van der Waals surface area contributed by atoms with Crippen LogP contribution in [0.1, 0.15) is 18.2 Å². The number of anilines is 1. The van der Waals surface area contributed by atoms with Gasteiger partial charge in [-0.05, 0) is 32.0 Å². The van der Waals surface area contributed by atoms with Crippen LogP contribution in [-0.2, 0) is 28.0 Å². The summed E-state index contributed by atoms with van der Waals surface area (Å²) < 4.78 is 67.9. The van der Waals surface area contributed by atoms with E-state index in [0.29, 0.717) is 28.5 Å². The van der Waals surface area contributed by atoms with Crippen LogP contribution >= 0.6 is 0 Å². The van der Waals surface area contributed by atoms with Crippen LogP contribution in [0.5, 0.6) is 0 Å². The van der Waals surface area contributed by atoms with Gasteiger partial charge in [-0.15, -0.1) is 0 Å². The molecule has 0 bridgehead atoms. The van der Waals surface area contributed by atoms with E-state index in [1.807, 2.05) is 4.72 Å². The van der Waals surface area contributed by atoms with Crippen molar-refractivity contribution in [2.75, 3.05) is 5.32 Å². The van der Waals surface area contributed by atoms with Gasteiger partial charge >= 0.3 is 6.18 Å². The molecule has 0 saturated carbocycles. The molecule has 1 unspecified atom stereocenters. The fourth-order valence-electron chi connectivity index (χ4n) is 2.91. The van der Waals surface area contributed by atoms with Crippen LogP contribution < -0.4 is 10.0 Å². The van der Waals surface area contributed by atoms with Gasteiger partial charge in [0.25, 0.3) is 0 Å². The zero-order chi connectivity index (χ0) is 22.3. The number of nitrogens with zero attached hydrogens (tertiary/aromatic N) is 3. The Morgan fingerprint density at radius 3 is 2.57 bits per heavy atom. The summed E-state index contributed by atoms with van der Waals surface area (Å²) in [6, 6.07) is 4.03. The molecule has 8 nitrogen and oxygen atoms in total. The fourth-order valence-corrected chi connectivity index (χ4v) is 4.34. The molecule has 0 saturated heterocycles. The maximum Gasteiger partial charge on any atom is 0.417 e. The molecule has 30 heavy (non-hydrogen) atoms. The zero-order valence-electron chi connectivity index (χ0n) is 16.1. The van der Waals surface area contributed by atoms with Gasteiger partial charge in [-0.2, -0.15) is 23.0 Å². The van der Waals surface area contributed by atoms with Crippen molar-refractivity contribution in [1.82, 2.24) is 19.5 Å². The molecule has 12 heteroatoms. The molecule has 160 valence electrons. The first-order chi connectivity index (χ1) is 13.9. The normalized spacial score (nSPS) is 13.4. The topological polar surface area (TPSA) is 106 Å². The van der Waals surface area contributed by atoms with Crippen molar-refractivity contribution in [2.24, 2.45) is 7.05 Å². The van der Waals surface area contributed by atoms with E-state index >= 15 is 0 Å². The Bertz CT molecular complexity index is 1220. The molecule has 0 radical (unpaired) electrons. The average Bonchev–Trinajstić information content (AvgIpc) is 2.94. The highest BCUT2D eigenvalue weighted by Gasteiger charge is 2.37. The van der Waals surface area contributed by atoms with Gasteiger partial charge in [-0.25, -0.2) is 13.4 Å². The number of carbonyl (C=O) groups is 1. The van der Waals surface area contributed by atoms with Crippen LogP contribution in [0.25, 0.3) is 11.0 Å². The van der Waals surface area contributed by atoms with E-state index < -0.39 is 38.6 Å². The molecular formula is C18H18F3N5O3S. The van der Waals surface area contributed by atoms with Gasteiger partial charge in [0.05, 0.1) is 34.1 Å². The summed E-state index contributed by atoms with van der Waals surface area (Å²) >= 11 is 0. The number of aryl methyl sites for hydroxylation is 2. The molecule has 0 spiro atoms. The molecule has 2 heterocycles. The molecule has 2 N–H and O–H groups in total. The molecule has 1 aromatic carbocycles. The smallest absolute Gasteiger partial charge is 0.323 e. The van der Waals surface area contributed by atoms with E-state index in [9.17, 15) is 26.4 Å². The Labute approximate surface area is 170 Å². The third-order valence-electron chi connectivity index (χ3n) is 4.34. The first-order valence-electron chi connectivity index (χ1n) is 8.69. The number of hydrogen-bond acceptors (Lipinski definition) is 5. The third kappa shape index (κ3) is 4.28. The third-order valence-corrected chi connectivity index (χ3v) is 5.94. The fraction of sp³-hybridized carbons (Fsp3) is 0.278. The van der Waals surface area contributed by atoms with Gasteiger partial charge in [0.1, 0.15) is 0 Å². The van der Waals surface area contributed by atoms with Gasteiger partial charge in [-0.3, -0.25) is 9.48 Å². The number of alkyl halides is 3. The Hall–Kier alpha value is -2.99. The molecule has 2 aromatic heterocycles. The largest absolute Gasteiger partial charge is 0.417 e. The summed E-state index contributed by atoms with van der Waals surface area (Å²) in [5.74, 6) is -0.759. The number of aromatic nitrogens is 3. The minimum atomic E-state index is -4.86.